The van der Waals surface area contributed by atoms with Gasteiger partial charge in [0.15, 0.2) is 5.78 Å². The molecule has 0 radical (unpaired) electrons. The number of carbonyl (C=O) groups is 1. The first-order valence-electron chi connectivity index (χ1n) is 5.70. The van der Waals surface area contributed by atoms with Gasteiger partial charge in [0.2, 0.25) is 0 Å². The van der Waals surface area contributed by atoms with E-state index in [1.165, 1.54) is 12.1 Å². The summed E-state index contributed by atoms with van der Waals surface area (Å²) in [6.45, 7) is 0. The van der Waals surface area contributed by atoms with E-state index in [0.29, 0.717) is 5.56 Å². The molecule has 0 N–H and O–H groups in total. The lowest BCUT2D eigenvalue weighted by atomic mass is 9.96. The van der Waals surface area contributed by atoms with Gasteiger partial charge in [-0.2, -0.15) is 13.2 Å². The molecule has 2 rings (SSSR count). The molecule has 0 amide bonds. The molecule has 1 nitrogen and oxygen atoms in total. The van der Waals surface area contributed by atoms with E-state index >= 15 is 0 Å². The molecule has 0 aromatic heterocycles. The minimum atomic E-state index is -4.34. The van der Waals surface area contributed by atoms with Gasteiger partial charge in [0.25, 0.3) is 0 Å². The molecule has 1 aromatic carbocycles. The topological polar surface area (TPSA) is 17.1 Å². The number of benzene rings is 1. The first kappa shape index (κ1) is 12.1. The summed E-state index contributed by atoms with van der Waals surface area (Å²) in [7, 11) is 0. The van der Waals surface area contributed by atoms with Crippen LogP contribution in [0.3, 0.4) is 0 Å². The van der Waals surface area contributed by atoms with Gasteiger partial charge in [-0.05, 0) is 25.0 Å². The monoisotopic (exact) mass is 242 g/mol. The summed E-state index contributed by atoms with van der Waals surface area (Å²) in [5, 5.41) is 0. The largest absolute Gasteiger partial charge is 0.416 e. The summed E-state index contributed by atoms with van der Waals surface area (Å²) in [4.78, 5) is 11.9. The van der Waals surface area contributed by atoms with Crippen molar-refractivity contribution in [2.45, 2.75) is 31.9 Å². The van der Waals surface area contributed by atoms with Gasteiger partial charge in [-0.15, -0.1) is 0 Å². The van der Waals surface area contributed by atoms with Crippen LogP contribution < -0.4 is 0 Å². The van der Waals surface area contributed by atoms with E-state index in [-0.39, 0.29) is 11.7 Å². The van der Waals surface area contributed by atoms with Crippen LogP contribution in [0.2, 0.25) is 0 Å². The standard InChI is InChI=1S/C13H13F3O/c14-13(15,16)11-7-5-10(6-8-11)12(17)9-3-1-2-4-9/h5-9H,1-4H2. The number of rotatable bonds is 2. The fourth-order valence-corrected chi connectivity index (χ4v) is 2.25. The molecule has 0 saturated heterocycles. The second kappa shape index (κ2) is 4.51. The van der Waals surface area contributed by atoms with Crippen LogP contribution in [0.4, 0.5) is 13.2 Å². The highest BCUT2D eigenvalue weighted by molar-refractivity contribution is 5.98. The highest BCUT2D eigenvalue weighted by Crippen LogP contribution is 2.31. The average molecular weight is 242 g/mol. The highest BCUT2D eigenvalue weighted by Gasteiger charge is 2.31. The maximum atomic E-state index is 12.3. The van der Waals surface area contributed by atoms with Crippen molar-refractivity contribution in [3.8, 4) is 0 Å². The van der Waals surface area contributed by atoms with Crippen molar-refractivity contribution < 1.29 is 18.0 Å². The van der Waals surface area contributed by atoms with E-state index < -0.39 is 11.7 Å². The summed E-state index contributed by atoms with van der Waals surface area (Å²) >= 11 is 0. The molecule has 17 heavy (non-hydrogen) atoms. The zero-order valence-electron chi connectivity index (χ0n) is 9.26. The number of halogens is 3. The first-order chi connectivity index (χ1) is 7.98. The summed E-state index contributed by atoms with van der Waals surface area (Å²) < 4.78 is 37.0. The van der Waals surface area contributed by atoms with Crippen LogP contribution in [-0.4, -0.2) is 5.78 Å². The smallest absolute Gasteiger partial charge is 0.294 e. The summed E-state index contributed by atoms with van der Waals surface area (Å²) in [5.74, 6) is -0.0111. The molecule has 1 aliphatic carbocycles. The Kier molecular flexibility index (Phi) is 3.22. The van der Waals surface area contributed by atoms with E-state index in [1.807, 2.05) is 0 Å². The Balaban J connectivity index is 2.15. The van der Waals surface area contributed by atoms with Crippen molar-refractivity contribution in [1.29, 1.82) is 0 Å². The second-order valence-electron chi connectivity index (χ2n) is 4.42. The van der Waals surface area contributed by atoms with Gasteiger partial charge in [0.05, 0.1) is 5.56 Å². The van der Waals surface area contributed by atoms with E-state index in [1.54, 1.807) is 0 Å². The molecular weight excluding hydrogens is 229 g/mol. The third-order valence-corrected chi connectivity index (χ3v) is 3.22. The number of Topliss-reactive ketones (excluding diaryl/α,β-unsaturated/α-hetero) is 1. The van der Waals surface area contributed by atoms with Crippen LogP contribution >= 0.6 is 0 Å². The lowest BCUT2D eigenvalue weighted by Crippen LogP contribution is -2.12. The van der Waals surface area contributed by atoms with Gasteiger partial charge >= 0.3 is 6.18 Å². The predicted molar refractivity (Wildman–Crippen MR) is 57.7 cm³/mol. The maximum Gasteiger partial charge on any atom is 0.416 e. The quantitative estimate of drug-likeness (QED) is 0.714. The van der Waals surface area contributed by atoms with Crippen molar-refractivity contribution in [2.24, 2.45) is 5.92 Å². The highest BCUT2D eigenvalue weighted by atomic mass is 19.4. The normalized spacial score (nSPS) is 17.4. The number of hydrogen-bond acceptors (Lipinski definition) is 1. The Hall–Kier alpha value is -1.32. The number of ketones is 1. The van der Waals surface area contributed by atoms with Crippen LogP contribution in [0.1, 0.15) is 41.6 Å². The molecule has 1 aliphatic rings. The Morgan fingerprint density at radius 2 is 1.59 bits per heavy atom. The van der Waals surface area contributed by atoms with E-state index in [0.717, 1.165) is 37.8 Å². The van der Waals surface area contributed by atoms with E-state index in [9.17, 15) is 18.0 Å². The van der Waals surface area contributed by atoms with Crippen LogP contribution in [0, 0.1) is 5.92 Å². The minimum Gasteiger partial charge on any atom is -0.294 e. The molecule has 1 aromatic rings. The van der Waals surface area contributed by atoms with Gasteiger partial charge in [-0.3, -0.25) is 4.79 Å². The van der Waals surface area contributed by atoms with Crippen molar-refractivity contribution in [3.63, 3.8) is 0 Å². The molecule has 0 unspecified atom stereocenters. The molecule has 92 valence electrons. The zero-order chi connectivity index (χ0) is 12.5. The molecule has 0 bridgehead atoms. The minimum absolute atomic E-state index is 0.00624. The summed E-state index contributed by atoms with van der Waals surface area (Å²) in [6, 6.07) is 4.51. The lowest BCUT2D eigenvalue weighted by Gasteiger charge is -2.10. The molecule has 4 heteroatoms. The Morgan fingerprint density at radius 3 is 2.06 bits per heavy atom. The zero-order valence-corrected chi connectivity index (χ0v) is 9.26. The molecule has 0 atom stereocenters. The molecule has 1 fully saturated rings. The van der Waals surface area contributed by atoms with Gasteiger partial charge in [0, 0.05) is 11.5 Å². The Bertz CT molecular complexity index is 400. The lowest BCUT2D eigenvalue weighted by molar-refractivity contribution is -0.137. The fourth-order valence-electron chi connectivity index (χ4n) is 2.25. The SMILES string of the molecule is O=C(c1ccc(C(F)(F)F)cc1)C1CCCC1. The molecular formula is C13H13F3O. The summed E-state index contributed by atoms with van der Waals surface area (Å²) in [6.07, 6.45) is -0.539. The van der Waals surface area contributed by atoms with Crippen LogP contribution in [-0.2, 0) is 6.18 Å². The van der Waals surface area contributed by atoms with Crippen molar-refractivity contribution >= 4 is 5.78 Å². The van der Waals surface area contributed by atoms with Crippen molar-refractivity contribution in [1.82, 2.24) is 0 Å². The second-order valence-corrected chi connectivity index (χ2v) is 4.42. The van der Waals surface area contributed by atoms with E-state index in [4.69, 9.17) is 0 Å². The predicted octanol–water partition coefficient (Wildman–Crippen LogP) is 4.08. The molecule has 0 spiro atoms. The molecule has 0 heterocycles. The van der Waals surface area contributed by atoms with Gasteiger partial charge in [-0.25, -0.2) is 0 Å². The maximum absolute atomic E-state index is 12.3. The van der Waals surface area contributed by atoms with Crippen molar-refractivity contribution in [3.05, 3.63) is 35.4 Å². The summed E-state index contributed by atoms with van der Waals surface area (Å²) in [5.41, 5.74) is -0.314. The third-order valence-electron chi connectivity index (χ3n) is 3.22. The van der Waals surface area contributed by atoms with Crippen molar-refractivity contribution in [2.75, 3.05) is 0 Å². The Labute approximate surface area is 97.6 Å². The van der Waals surface area contributed by atoms with Crippen LogP contribution in [0.5, 0.6) is 0 Å². The number of hydrogen-bond donors (Lipinski definition) is 0. The van der Waals surface area contributed by atoms with E-state index in [2.05, 4.69) is 0 Å². The fraction of sp³-hybridized carbons (Fsp3) is 0.462. The third kappa shape index (κ3) is 2.68. The number of carbonyl (C=O) groups excluding carboxylic acids is 1. The average Bonchev–Trinajstić information content (AvgIpc) is 2.80. The van der Waals surface area contributed by atoms with Gasteiger partial charge in [0.1, 0.15) is 0 Å². The number of alkyl halides is 3. The molecule has 0 aliphatic heterocycles. The molecule has 1 saturated carbocycles. The van der Waals surface area contributed by atoms with Crippen LogP contribution in [0.15, 0.2) is 24.3 Å². The van der Waals surface area contributed by atoms with Gasteiger partial charge in [-0.1, -0.05) is 25.0 Å². The van der Waals surface area contributed by atoms with Crippen LogP contribution in [0.25, 0.3) is 0 Å². The van der Waals surface area contributed by atoms with Gasteiger partial charge < -0.3 is 0 Å². The first-order valence-corrected chi connectivity index (χ1v) is 5.70. The Morgan fingerprint density at radius 1 is 1.06 bits per heavy atom.